The van der Waals surface area contributed by atoms with Crippen LogP contribution in [-0.2, 0) is 6.54 Å². The van der Waals surface area contributed by atoms with Gasteiger partial charge in [0.15, 0.2) is 0 Å². The summed E-state index contributed by atoms with van der Waals surface area (Å²) in [7, 11) is 0. The van der Waals surface area contributed by atoms with Crippen LogP contribution < -0.4 is 5.56 Å². The standard InChI is InChI=1S/C13H11N5O.C2H6/c19-13-5-6-14-9-17(13)7-11-1-3-12(4-2-11)18-10-15-8-16-18;1-2/h1-6,8-10H,7H2;1-2H3. The second kappa shape index (κ2) is 7.14. The van der Waals surface area contributed by atoms with Gasteiger partial charge in [-0.3, -0.25) is 9.36 Å². The third-order valence-corrected chi connectivity index (χ3v) is 2.76. The molecule has 0 spiro atoms. The number of hydrogen-bond acceptors (Lipinski definition) is 4. The van der Waals surface area contributed by atoms with Gasteiger partial charge in [0, 0.05) is 12.3 Å². The lowest BCUT2D eigenvalue weighted by molar-refractivity contribution is 0.735. The fraction of sp³-hybridized carbons (Fsp3) is 0.200. The van der Waals surface area contributed by atoms with Crippen LogP contribution >= 0.6 is 0 Å². The Balaban J connectivity index is 0.000000774. The Morgan fingerprint density at radius 1 is 1.00 bits per heavy atom. The van der Waals surface area contributed by atoms with Gasteiger partial charge in [-0.1, -0.05) is 26.0 Å². The molecule has 3 aromatic rings. The van der Waals surface area contributed by atoms with Crippen LogP contribution in [-0.4, -0.2) is 24.3 Å². The van der Waals surface area contributed by atoms with Gasteiger partial charge in [-0.15, -0.1) is 0 Å². The highest BCUT2D eigenvalue weighted by Gasteiger charge is 2.00. The molecule has 0 aliphatic carbocycles. The van der Waals surface area contributed by atoms with Gasteiger partial charge in [0.05, 0.1) is 18.6 Å². The monoisotopic (exact) mass is 283 g/mol. The van der Waals surface area contributed by atoms with Crippen LogP contribution in [0.4, 0.5) is 0 Å². The largest absolute Gasteiger partial charge is 0.295 e. The normalized spacial score (nSPS) is 9.81. The Labute approximate surface area is 122 Å². The van der Waals surface area contributed by atoms with Crippen LogP contribution in [0.5, 0.6) is 0 Å². The molecule has 1 aromatic carbocycles. The van der Waals surface area contributed by atoms with Crippen molar-refractivity contribution < 1.29 is 0 Å². The van der Waals surface area contributed by atoms with E-state index in [9.17, 15) is 4.79 Å². The summed E-state index contributed by atoms with van der Waals surface area (Å²) in [5.41, 5.74) is 1.90. The van der Waals surface area contributed by atoms with Crippen molar-refractivity contribution in [2.24, 2.45) is 0 Å². The van der Waals surface area contributed by atoms with E-state index in [2.05, 4.69) is 15.1 Å². The second-order valence-corrected chi connectivity index (χ2v) is 4.05. The molecule has 108 valence electrons. The zero-order valence-electron chi connectivity index (χ0n) is 12.0. The minimum atomic E-state index is -0.0599. The van der Waals surface area contributed by atoms with Crippen LogP contribution in [0.3, 0.4) is 0 Å². The van der Waals surface area contributed by atoms with Crippen LogP contribution in [0.15, 0.2) is 60.3 Å². The summed E-state index contributed by atoms with van der Waals surface area (Å²) in [5, 5.41) is 4.05. The van der Waals surface area contributed by atoms with Gasteiger partial charge in [-0.25, -0.2) is 14.6 Å². The van der Waals surface area contributed by atoms with Gasteiger partial charge in [0.1, 0.15) is 12.7 Å². The zero-order valence-corrected chi connectivity index (χ0v) is 12.0. The molecule has 0 fully saturated rings. The van der Waals surface area contributed by atoms with E-state index in [0.717, 1.165) is 11.3 Å². The van der Waals surface area contributed by atoms with Crippen molar-refractivity contribution in [1.29, 1.82) is 0 Å². The van der Waals surface area contributed by atoms with Crippen molar-refractivity contribution in [2.45, 2.75) is 20.4 Å². The molecule has 0 N–H and O–H groups in total. The molecule has 2 heterocycles. The first-order chi connectivity index (χ1) is 10.3. The topological polar surface area (TPSA) is 65.6 Å². The Morgan fingerprint density at radius 2 is 1.76 bits per heavy atom. The average Bonchev–Trinajstić information content (AvgIpc) is 3.07. The summed E-state index contributed by atoms with van der Waals surface area (Å²) in [6.07, 6.45) is 6.16. The number of hydrogen-bond donors (Lipinski definition) is 0. The first kappa shape index (κ1) is 14.6. The lowest BCUT2D eigenvalue weighted by Crippen LogP contribution is -2.19. The maximum atomic E-state index is 11.6. The molecule has 0 bridgehead atoms. The van der Waals surface area contributed by atoms with E-state index in [1.165, 1.54) is 24.9 Å². The highest BCUT2D eigenvalue weighted by molar-refractivity contribution is 5.33. The second-order valence-electron chi connectivity index (χ2n) is 4.05. The molecular formula is C15H17N5O. The van der Waals surface area contributed by atoms with Crippen molar-refractivity contribution >= 4 is 0 Å². The zero-order chi connectivity index (χ0) is 15.1. The van der Waals surface area contributed by atoms with E-state index in [-0.39, 0.29) is 5.56 Å². The van der Waals surface area contributed by atoms with Crippen LogP contribution in [0.1, 0.15) is 19.4 Å². The van der Waals surface area contributed by atoms with Gasteiger partial charge in [-0.05, 0) is 17.7 Å². The molecule has 6 nitrogen and oxygen atoms in total. The molecule has 2 aromatic heterocycles. The molecule has 0 aliphatic rings. The first-order valence-corrected chi connectivity index (χ1v) is 6.77. The fourth-order valence-corrected chi connectivity index (χ4v) is 1.79. The van der Waals surface area contributed by atoms with Gasteiger partial charge in [-0.2, -0.15) is 5.10 Å². The van der Waals surface area contributed by atoms with Gasteiger partial charge < -0.3 is 0 Å². The van der Waals surface area contributed by atoms with Crippen LogP contribution in [0.25, 0.3) is 5.69 Å². The summed E-state index contributed by atoms with van der Waals surface area (Å²) in [4.78, 5) is 19.4. The predicted molar refractivity (Wildman–Crippen MR) is 80.3 cm³/mol. The van der Waals surface area contributed by atoms with E-state index >= 15 is 0 Å². The number of aromatic nitrogens is 5. The van der Waals surface area contributed by atoms with Gasteiger partial charge in [0.2, 0.25) is 0 Å². The highest BCUT2D eigenvalue weighted by Crippen LogP contribution is 2.08. The minimum absolute atomic E-state index is 0.0599. The average molecular weight is 283 g/mol. The Bertz CT molecular complexity index is 716. The Kier molecular flexibility index (Phi) is 4.98. The quantitative estimate of drug-likeness (QED) is 0.736. The van der Waals surface area contributed by atoms with Crippen LogP contribution in [0.2, 0.25) is 0 Å². The number of nitrogens with zero attached hydrogens (tertiary/aromatic N) is 5. The molecule has 0 radical (unpaired) electrons. The van der Waals surface area contributed by atoms with Crippen LogP contribution in [0, 0.1) is 0 Å². The Hall–Kier alpha value is -2.76. The summed E-state index contributed by atoms with van der Waals surface area (Å²) >= 11 is 0. The molecule has 0 amide bonds. The van der Waals surface area contributed by atoms with Crippen molar-refractivity contribution in [3.8, 4) is 5.69 Å². The summed E-state index contributed by atoms with van der Waals surface area (Å²) in [5.74, 6) is 0. The van der Waals surface area contributed by atoms with Gasteiger partial charge in [0.25, 0.3) is 5.56 Å². The molecule has 0 saturated carbocycles. The molecule has 0 saturated heterocycles. The molecule has 0 aliphatic heterocycles. The first-order valence-electron chi connectivity index (χ1n) is 6.77. The summed E-state index contributed by atoms with van der Waals surface area (Å²) in [6.45, 7) is 4.50. The van der Waals surface area contributed by atoms with E-state index in [4.69, 9.17) is 0 Å². The third-order valence-electron chi connectivity index (χ3n) is 2.76. The molecule has 6 heteroatoms. The Morgan fingerprint density at radius 3 is 2.38 bits per heavy atom. The SMILES string of the molecule is CC.O=c1ccncn1Cc1ccc(-n2cncn2)cc1. The predicted octanol–water partition coefficient (Wildman–Crippen LogP) is 1.90. The highest BCUT2D eigenvalue weighted by atomic mass is 16.1. The fourth-order valence-electron chi connectivity index (χ4n) is 1.79. The van der Waals surface area contributed by atoms with Crippen molar-refractivity contribution in [2.75, 3.05) is 0 Å². The van der Waals surface area contributed by atoms with Crippen molar-refractivity contribution in [3.63, 3.8) is 0 Å². The number of benzene rings is 1. The molecule has 3 rings (SSSR count). The third kappa shape index (κ3) is 3.62. The van der Waals surface area contributed by atoms with Crippen molar-refractivity contribution in [1.82, 2.24) is 24.3 Å². The lowest BCUT2D eigenvalue weighted by Gasteiger charge is -2.06. The molecule has 0 unspecified atom stereocenters. The van der Waals surface area contributed by atoms with E-state index in [0.29, 0.717) is 6.54 Å². The van der Waals surface area contributed by atoms with E-state index < -0.39 is 0 Å². The van der Waals surface area contributed by atoms with E-state index in [1.54, 1.807) is 15.6 Å². The molecular weight excluding hydrogens is 266 g/mol. The maximum absolute atomic E-state index is 11.6. The minimum Gasteiger partial charge on any atom is -0.295 e. The summed E-state index contributed by atoms with van der Waals surface area (Å²) < 4.78 is 3.24. The smallest absolute Gasteiger partial charge is 0.253 e. The van der Waals surface area contributed by atoms with Gasteiger partial charge >= 0.3 is 0 Å². The lowest BCUT2D eigenvalue weighted by atomic mass is 10.2. The maximum Gasteiger partial charge on any atom is 0.253 e. The van der Waals surface area contributed by atoms with Crippen molar-refractivity contribution in [3.05, 3.63) is 71.4 Å². The number of rotatable bonds is 3. The van der Waals surface area contributed by atoms with E-state index in [1.807, 2.05) is 38.1 Å². The molecule has 0 atom stereocenters. The molecule has 21 heavy (non-hydrogen) atoms. The summed E-state index contributed by atoms with van der Waals surface area (Å²) in [6, 6.07) is 9.23.